The van der Waals surface area contributed by atoms with Crippen molar-refractivity contribution in [3.8, 4) is 0 Å². The molecule has 0 saturated heterocycles. The van der Waals surface area contributed by atoms with Crippen LogP contribution in [-0.4, -0.2) is 49.1 Å². The minimum atomic E-state index is -1.17. The van der Waals surface area contributed by atoms with E-state index in [2.05, 4.69) is 31.9 Å². The molecule has 0 aromatic rings. The third kappa shape index (κ3) is 3.68. The maximum atomic E-state index is 9.36. The van der Waals surface area contributed by atoms with Crippen LogP contribution < -0.4 is 0 Å². The third-order valence-electron chi connectivity index (χ3n) is 1.43. The second-order valence-corrected chi connectivity index (χ2v) is 6.34. The molecule has 0 aromatic carbocycles. The molecular weight excluding hydrogens is 296 g/mol. The van der Waals surface area contributed by atoms with E-state index in [1.807, 2.05) is 0 Å². The highest BCUT2D eigenvalue weighted by molar-refractivity contribution is 9.25. The first kappa shape index (κ1) is 12.8. The largest absolute Gasteiger partial charge is 0.396 e. The Hall–Kier alpha value is 0.800. The fourth-order valence-corrected chi connectivity index (χ4v) is 1.28. The smallest absolute Gasteiger partial charge is 0.132 e. The van der Waals surface area contributed by atoms with Gasteiger partial charge in [-0.05, 0) is 6.42 Å². The fourth-order valence-electron chi connectivity index (χ4n) is 0.665. The Balaban J connectivity index is 4.07. The van der Waals surface area contributed by atoms with Crippen LogP contribution in [0.25, 0.3) is 0 Å². The maximum absolute atomic E-state index is 9.36. The molecule has 2 atom stereocenters. The molecular formula is C6H12Br2O4. The Morgan fingerprint density at radius 3 is 2.00 bits per heavy atom. The van der Waals surface area contributed by atoms with Gasteiger partial charge in [-0.25, -0.2) is 0 Å². The van der Waals surface area contributed by atoms with Crippen LogP contribution in [0.3, 0.4) is 0 Å². The van der Waals surface area contributed by atoms with Gasteiger partial charge < -0.3 is 20.4 Å². The highest BCUT2D eigenvalue weighted by atomic mass is 79.9. The van der Waals surface area contributed by atoms with Crippen molar-refractivity contribution in [1.29, 1.82) is 0 Å². The van der Waals surface area contributed by atoms with E-state index < -0.39 is 15.4 Å². The molecule has 6 heteroatoms. The molecule has 0 bridgehead atoms. The van der Waals surface area contributed by atoms with Crippen LogP contribution >= 0.6 is 31.9 Å². The lowest BCUT2D eigenvalue weighted by Crippen LogP contribution is -2.43. The lowest BCUT2D eigenvalue weighted by atomic mass is 10.1. The molecule has 0 aliphatic heterocycles. The average Bonchev–Trinajstić information content (AvgIpc) is 2.03. The summed E-state index contributed by atoms with van der Waals surface area (Å²) in [6.07, 6.45) is -2.17. The van der Waals surface area contributed by atoms with Crippen molar-refractivity contribution in [2.75, 3.05) is 13.2 Å². The van der Waals surface area contributed by atoms with E-state index in [1.54, 1.807) is 0 Å². The summed E-state index contributed by atoms with van der Waals surface area (Å²) in [5.41, 5.74) is 0. The van der Waals surface area contributed by atoms with Crippen molar-refractivity contribution in [1.82, 2.24) is 0 Å². The standard InChI is InChI=1S/C6H12Br2O4/c7-6(8,3-10)5(12)4(11)1-2-9/h4-5,9-12H,1-3H2. The highest BCUT2D eigenvalue weighted by Crippen LogP contribution is 2.31. The zero-order valence-electron chi connectivity index (χ0n) is 6.32. The first-order chi connectivity index (χ1) is 5.45. The van der Waals surface area contributed by atoms with E-state index in [9.17, 15) is 10.2 Å². The number of aliphatic hydroxyl groups is 4. The van der Waals surface area contributed by atoms with E-state index in [4.69, 9.17) is 10.2 Å². The minimum Gasteiger partial charge on any atom is -0.396 e. The number of hydrogen-bond acceptors (Lipinski definition) is 4. The average molecular weight is 308 g/mol. The van der Waals surface area contributed by atoms with Gasteiger partial charge in [0, 0.05) is 6.61 Å². The summed E-state index contributed by atoms with van der Waals surface area (Å²) in [5.74, 6) is 0. The molecule has 0 heterocycles. The summed E-state index contributed by atoms with van der Waals surface area (Å²) >= 11 is 5.98. The molecule has 0 radical (unpaired) electrons. The van der Waals surface area contributed by atoms with Gasteiger partial charge in [0.1, 0.15) is 9.34 Å². The van der Waals surface area contributed by atoms with E-state index in [-0.39, 0.29) is 19.6 Å². The summed E-state index contributed by atoms with van der Waals surface area (Å²) in [6.45, 7) is -0.573. The van der Waals surface area contributed by atoms with Gasteiger partial charge in [-0.15, -0.1) is 0 Å². The van der Waals surface area contributed by atoms with Crippen LogP contribution in [0.1, 0.15) is 6.42 Å². The van der Waals surface area contributed by atoms with Crippen molar-refractivity contribution in [2.45, 2.75) is 21.9 Å². The fraction of sp³-hybridized carbons (Fsp3) is 1.00. The molecule has 74 valence electrons. The first-order valence-corrected chi connectivity index (χ1v) is 5.00. The summed E-state index contributed by atoms with van der Waals surface area (Å²) < 4.78 is -1.10. The van der Waals surface area contributed by atoms with E-state index in [0.717, 1.165) is 0 Å². The maximum Gasteiger partial charge on any atom is 0.132 e. The molecule has 0 rings (SSSR count). The Bertz CT molecular complexity index is 131. The third-order valence-corrected chi connectivity index (χ3v) is 2.87. The van der Waals surface area contributed by atoms with E-state index >= 15 is 0 Å². The lowest BCUT2D eigenvalue weighted by molar-refractivity contribution is -0.00647. The summed E-state index contributed by atoms with van der Waals surface area (Å²) in [6, 6.07) is 0. The van der Waals surface area contributed by atoms with Gasteiger partial charge in [0.25, 0.3) is 0 Å². The van der Waals surface area contributed by atoms with Gasteiger partial charge in [-0.2, -0.15) is 0 Å². The molecule has 12 heavy (non-hydrogen) atoms. The SMILES string of the molecule is OCCC(O)C(O)C(Br)(Br)CO. The van der Waals surface area contributed by atoms with Crippen molar-refractivity contribution in [3.05, 3.63) is 0 Å². The normalized spacial score (nSPS) is 17.5. The van der Waals surface area contributed by atoms with Crippen molar-refractivity contribution in [3.63, 3.8) is 0 Å². The second-order valence-electron chi connectivity index (χ2n) is 2.44. The number of aliphatic hydroxyl groups excluding tert-OH is 4. The minimum absolute atomic E-state index is 0.0696. The Labute approximate surface area is 87.5 Å². The zero-order valence-corrected chi connectivity index (χ0v) is 9.49. The number of halogens is 2. The van der Waals surface area contributed by atoms with Crippen molar-refractivity contribution in [2.24, 2.45) is 0 Å². The monoisotopic (exact) mass is 306 g/mol. The predicted molar refractivity (Wildman–Crippen MR) is 51.4 cm³/mol. The molecule has 0 aliphatic rings. The first-order valence-electron chi connectivity index (χ1n) is 3.41. The quantitative estimate of drug-likeness (QED) is 0.520. The van der Waals surface area contributed by atoms with E-state index in [0.29, 0.717) is 0 Å². The summed E-state index contributed by atoms with van der Waals surface area (Å²) in [4.78, 5) is 0. The van der Waals surface area contributed by atoms with Crippen LogP contribution in [0.5, 0.6) is 0 Å². The van der Waals surface area contributed by atoms with Gasteiger partial charge in [0.2, 0.25) is 0 Å². The van der Waals surface area contributed by atoms with Gasteiger partial charge >= 0.3 is 0 Å². The molecule has 2 unspecified atom stereocenters. The van der Waals surface area contributed by atoms with Crippen molar-refractivity contribution >= 4 is 31.9 Å². The van der Waals surface area contributed by atoms with Gasteiger partial charge in [-0.1, -0.05) is 31.9 Å². The van der Waals surface area contributed by atoms with Crippen LogP contribution in [0.15, 0.2) is 0 Å². The summed E-state index contributed by atoms with van der Waals surface area (Å²) in [5, 5.41) is 35.8. The lowest BCUT2D eigenvalue weighted by Gasteiger charge is -2.27. The topological polar surface area (TPSA) is 80.9 Å². The molecule has 4 N–H and O–H groups in total. The van der Waals surface area contributed by atoms with Crippen molar-refractivity contribution < 1.29 is 20.4 Å². The van der Waals surface area contributed by atoms with E-state index in [1.165, 1.54) is 0 Å². The molecule has 0 amide bonds. The number of hydrogen-bond donors (Lipinski definition) is 4. The van der Waals surface area contributed by atoms with Gasteiger partial charge in [-0.3, -0.25) is 0 Å². The summed E-state index contributed by atoms with van der Waals surface area (Å²) in [7, 11) is 0. The van der Waals surface area contributed by atoms with Crippen LogP contribution in [0.2, 0.25) is 0 Å². The molecule has 0 aliphatic carbocycles. The van der Waals surface area contributed by atoms with Crippen LogP contribution in [0.4, 0.5) is 0 Å². The molecule has 0 fully saturated rings. The highest BCUT2D eigenvalue weighted by Gasteiger charge is 2.36. The second kappa shape index (κ2) is 5.51. The van der Waals surface area contributed by atoms with Crippen LogP contribution in [-0.2, 0) is 0 Å². The number of alkyl halides is 2. The predicted octanol–water partition coefficient (Wildman–Crippen LogP) is -0.431. The molecule has 0 aromatic heterocycles. The Kier molecular flexibility index (Phi) is 5.88. The van der Waals surface area contributed by atoms with Crippen LogP contribution in [0, 0.1) is 0 Å². The Morgan fingerprint density at radius 1 is 1.17 bits per heavy atom. The molecule has 0 saturated carbocycles. The number of rotatable bonds is 5. The molecule has 0 spiro atoms. The van der Waals surface area contributed by atoms with Gasteiger partial charge in [0.15, 0.2) is 0 Å². The Morgan fingerprint density at radius 2 is 1.67 bits per heavy atom. The molecule has 4 nitrogen and oxygen atoms in total. The van der Waals surface area contributed by atoms with Gasteiger partial charge in [0.05, 0.1) is 12.7 Å². The zero-order chi connectivity index (χ0) is 9.78.